The Balaban J connectivity index is 2.47. The van der Waals surface area contributed by atoms with E-state index in [0.717, 1.165) is 19.5 Å². The minimum atomic E-state index is -0.653. The van der Waals surface area contributed by atoms with E-state index in [1.165, 1.54) is 0 Å². The molecule has 17 heavy (non-hydrogen) atoms. The maximum atomic E-state index is 11.4. The topological polar surface area (TPSA) is 49.8 Å². The standard InChI is InChI=1S/C13H25NO3/c1-10(2)13(12(15)16)5-6-14(9-13)7-8-17-11(3)4/h10-11H,5-9H2,1-4H3,(H,15,16). The minimum Gasteiger partial charge on any atom is -0.481 e. The van der Waals surface area contributed by atoms with Crippen LogP contribution < -0.4 is 0 Å². The fraction of sp³-hybridized carbons (Fsp3) is 0.923. The van der Waals surface area contributed by atoms with Crippen molar-refractivity contribution < 1.29 is 14.6 Å². The van der Waals surface area contributed by atoms with Crippen molar-refractivity contribution in [1.82, 2.24) is 4.90 Å². The smallest absolute Gasteiger partial charge is 0.311 e. The van der Waals surface area contributed by atoms with Gasteiger partial charge in [0.05, 0.1) is 18.1 Å². The highest BCUT2D eigenvalue weighted by Gasteiger charge is 2.46. The van der Waals surface area contributed by atoms with Crippen molar-refractivity contribution in [2.75, 3.05) is 26.2 Å². The number of aliphatic carboxylic acids is 1. The molecule has 1 N–H and O–H groups in total. The van der Waals surface area contributed by atoms with E-state index in [4.69, 9.17) is 4.74 Å². The first-order chi connectivity index (χ1) is 7.88. The highest BCUT2D eigenvalue weighted by atomic mass is 16.5. The lowest BCUT2D eigenvalue weighted by molar-refractivity contribution is -0.151. The summed E-state index contributed by atoms with van der Waals surface area (Å²) in [5.41, 5.74) is -0.558. The molecule has 1 atom stereocenters. The number of nitrogens with zero attached hydrogens (tertiary/aromatic N) is 1. The molecule has 0 amide bonds. The summed E-state index contributed by atoms with van der Waals surface area (Å²) in [6, 6.07) is 0. The Labute approximate surface area is 104 Å². The first-order valence-electron chi connectivity index (χ1n) is 6.46. The van der Waals surface area contributed by atoms with Crippen molar-refractivity contribution in [2.24, 2.45) is 11.3 Å². The monoisotopic (exact) mass is 243 g/mol. The lowest BCUT2D eigenvalue weighted by Gasteiger charge is -2.28. The van der Waals surface area contributed by atoms with Crippen LogP contribution in [0.1, 0.15) is 34.1 Å². The van der Waals surface area contributed by atoms with Gasteiger partial charge in [0, 0.05) is 13.1 Å². The van der Waals surface area contributed by atoms with Crippen LogP contribution in [0.2, 0.25) is 0 Å². The molecule has 1 aliphatic heterocycles. The number of hydrogen-bond acceptors (Lipinski definition) is 3. The molecular formula is C13H25NO3. The highest BCUT2D eigenvalue weighted by molar-refractivity contribution is 5.75. The van der Waals surface area contributed by atoms with Crippen LogP contribution in [0, 0.1) is 11.3 Å². The lowest BCUT2D eigenvalue weighted by Crippen LogP contribution is -2.39. The SMILES string of the molecule is CC(C)OCCN1CCC(C(=O)O)(C(C)C)C1. The van der Waals surface area contributed by atoms with Gasteiger partial charge in [-0.25, -0.2) is 0 Å². The van der Waals surface area contributed by atoms with Gasteiger partial charge in [-0.05, 0) is 32.7 Å². The van der Waals surface area contributed by atoms with Gasteiger partial charge < -0.3 is 9.84 Å². The number of carbonyl (C=O) groups is 1. The fourth-order valence-electron chi connectivity index (χ4n) is 2.42. The molecule has 100 valence electrons. The molecule has 4 nitrogen and oxygen atoms in total. The fourth-order valence-corrected chi connectivity index (χ4v) is 2.42. The Morgan fingerprint density at radius 1 is 1.41 bits per heavy atom. The number of hydrogen-bond donors (Lipinski definition) is 1. The summed E-state index contributed by atoms with van der Waals surface area (Å²) in [4.78, 5) is 13.6. The van der Waals surface area contributed by atoms with Crippen LogP contribution in [0.25, 0.3) is 0 Å². The van der Waals surface area contributed by atoms with Gasteiger partial charge in [0.25, 0.3) is 0 Å². The van der Waals surface area contributed by atoms with E-state index in [9.17, 15) is 9.90 Å². The molecule has 0 aromatic heterocycles. The van der Waals surface area contributed by atoms with Gasteiger partial charge in [0.2, 0.25) is 0 Å². The predicted molar refractivity (Wildman–Crippen MR) is 67.1 cm³/mol. The molecule has 1 unspecified atom stereocenters. The molecule has 0 aliphatic carbocycles. The summed E-state index contributed by atoms with van der Waals surface area (Å²) in [5, 5.41) is 9.41. The summed E-state index contributed by atoms with van der Waals surface area (Å²) in [7, 11) is 0. The van der Waals surface area contributed by atoms with E-state index in [2.05, 4.69) is 4.90 Å². The molecular weight excluding hydrogens is 218 g/mol. The molecule has 0 bridgehead atoms. The summed E-state index contributed by atoms with van der Waals surface area (Å²) in [6.45, 7) is 11.1. The van der Waals surface area contributed by atoms with E-state index in [0.29, 0.717) is 13.2 Å². The van der Waals surface area contributed by atoms with Crippen LogP contribution in [-0.4, -0.2) is 48.3 Å². The van der Waals surface area contributed by atoms with Gasteiger partial charge >= 0.3 is 5.97 Å². The Kier molecular flexibility index (Phi) is 4.95. The van der Waals surface area contributed by atoms with Crippen LogP contribution in [0.5, 0.6) is 0 Å². The molecule has 0 radical (unpaired) electrons. The summed E-state index contributed by atoms with van der Waals surface area (Å²) in [5.74, 6) is -0.476. The van der Waals surface area contributed by atoms with Gasteiger partial charge in [0.1, 0.15) is 0 Å². The van der Waals surface area contributed by atoms with Crippen LogP contribution in [-0.2, 0) is 9.53 Å². The molecule has 0 spiro atoms. The van der Waals surface area contributed by atoms with Crippen molar-refractivity contribution in [1.29, 1.82) is 0 Å². The zero-order chi connectivity index (χ0) is 13.1. The molecule has 1 heterocycles. The van der Waals surface area contributed by atoms with Gasteiger partial charge in [-0.3, -0.25) is 9.69 Å². The summed E-state index contributed by atoms with van der Waals surface area (Å²) < 4.78 is 5.50. The number of rotatable bonds is 6. The Morgan fingerprint density at radius 3 is 2.47 bits per heavy atom. The molecule has 0 saturated carbocycles. The van der Waals surface area contributed by atoms with E-state index >= 15 is 0 Å². The maximum Gasteiger partial charge on any atom is 0.311 e. The predicted octanol–water partition coefficient (Wildman–Crippen LogP) is 1.84. The van der Waals surface area contributed by atoms with Crippen LogP contribution in [0.3, 0.4) is 0 Å². The molecule has 1 rings (SSSR count). The molecule has 4 heteroatoms. The number of likely N-dealkylation sites (tertiary alicyclic amines) is 1. The second kappa shape index (κ2) is 5.83. The largest absolute Gasteiger partial charge is 0.481 e. The minimum absolute atomic E-state index is 0.177. The van der Waals surface area contributed by atoms with E-state index < -0.39 is 11.4 Å². The third kappa shape index (κ3) is 3.42. The second-order valence-corrected chi connectivity index (χ2v) is 5.56. The van der Waals surface area contributed by atoms with Crippen LogP contribution in [0.4, 0.5) is 0 Å². The van der Waals surface area contributed by atoms with E-state index in [1.807, 2.05) is 27.7 Å². The average Bonchev–Trinajstić information content (AvgIpc) is 2.62. The summed E-state index contributed by atoms with van der Waals surface area (Å²) in [6.07, 6.45) is 0.994. The lowest BCUT2D eigenvalue weighted by atomic mass is 9.76. The van der Waals surface area contributed by atoms with Crippen LogP contribution in [0.15, 0.2) is 0 Å². The van der Waals surface area contributed by atoms with Gasteiger partial charge in [-0.15, -0.1) is 0 Å². The van der Waals surface area contributed by atoms with Crippen molar-refractivity contribution >= 4 is 5.97 Å². The van der Waals surface area contributed by atoms with Crippen molar-refractivity contribution in [3.05, 3.63) is 0 Å². The maximum absolute atomic E-state index is 11.4. The van der Waals surface area contributed by atoms with Gasteiger partial charge in [0.15, 0.2) is 0 Å². The summed E-state index contributed by atoms with van der Waals surface area (Å²) >= 11 is 0. The highest BCUT2D eigenvalue weighted by Crippen LogP contribution is 2.37. The molecule has 1 aliphatic rings. The Hall–Kier alpha value is -0.610. The number of carboxylic acid groups (broad SMARTS) is 1. The number of ether oxygens (including phenoxy) is 1. The molecule has 1 saturated heterocycles. The Morgan fingerprint density at radius 2 is 2.06 bits per heavy atom. The molecule has 0 aromatic rings. The zero-order valence-electron chi connectivity index (χ0n) is 11.4. The Bertz CT molecular complexity index is 265. The first kappa shape index (κ1) is 14.5. The van der Waals surface area contributed by atoms with Gasteiger partial charge in [-0.2, -0.15) is 0 Å². The second-order valence-electron chi connectivity index (χ2n) is 5.56. The van der Waals surface area contributed by atoms with E-state index in [-0.39, 0.29) is 12.0 Å². The molecule has 0 aromatic carbocycles. The first-order valence-corrected chi connectivity index (χ1v) is 6.46. The number of carboxylic acids is 1. The normalized spacial score (nSPS) is 26.0. The third-order valence-corrected chi connectivity index (χ3v) is 3.77. The third-order valence-electron chi connectivity index (χ3n) is 3.77. The molecule has 1 fully saturated rings. The van der Waals surface area contributed by atoms with E-state index in [1.54, 1.807) is 0 Å². The quantitative estimate of drug-likeness (QED) is 0.773. The van der Waals surface area contributed by atoms with Crippen molar-refractivity contribution in [2.45, 2.75) is 40.2 Å². The van der Waals surface area contributed by atoms with Crippen molar-refractivity contribution in [3.63, 3.8) is 0 Å². The van der Waals surface area contributed by atoms with Gasteiger partial charge in [-0.1, -0.05) is 13.8 Å². The van der Waals surface area contributed by atoms with Crippen molar-refractivity contribution in [3.8, 4) is 0 Å². The van der Waals surface area contributed by atoms with Crippen LogP contribution >= 0.6 is 0 Å². The average molecular weight is 243 g/mol. The zero-order valence-corrected chi connectivity index (χ0v) is 11.4.